The number of unbranched alkanes of at least 4 members (excludes halogenated alkanes) is 1. The molecule has 37 heavy (non-hydrogen) atoms. The molecule has 3 saturated heterocycles. The Balaban J connectivity index is 1.74. The van der Waals surface area contributed by atoms with Gasteiger partial charge in [-0.1, -0.05) is 35.9 Å². The Morgan fingerprint density at radius 2 is 2.11 bits per heavy atom. The Bertz CT molecular complexity index is 1060. The average molecular weight is 531 g/mol. The molecule has 3 aliphatic heterocycles. The maximum Gasteiger partial charge on any atom is 0.312 e. The molecule has 2 amide bonds. The molecular weight excluding hydrogens is 496 g/mol. The first-order valence-electron chi connectivity index (χ1n) is 12.9. The molecule has 2 unspecified atom stereocenters. The minimum Gasteiger partial charge on any atom is -0.465 e. The van der Waals surface area contributed by atoms with Crippen molar-refractivity contribution in [3.63, 3.8) is 0 Å². The van der Waals surface area contributed by atoms with Gasteiger partial charge in [0, 0.05) is 19.7 Å². The van der Waals surface area contributed by atoms with E-state index in [4.69, 9.17) is 21.1 Å². The number of likely N-dealkylation sites (tertiary alicyclic amines) is 1. The van der Waals surface area contributed by atoms with E-state index < -0.39 is 35.6 Å². The first-order chi connectivity index (χ1) is 17.8. The number of hydrogen-bond acceptors (Lipinski definition) is 6. The van der Waals surface area contributed by atoms with Gasteiger partial charge in [0.1, 0.15) is 11.6 Å². The van der Waals surface area contributed by atoms with Gasteiger partial charge >= 0.3 is 5.97 Å². The van der Waals surface area contributed by atoms with Crippen LogP contribution in [0.5, 0.6) is 0 Å². The molecule has 1 aromatic carbocycles. The minimum atomic E-state index is -1.13. The number of carbonyl (C=O) groups is 3. The summed E-state index contributed by atoms with van der Waals surface area (Å²) in [5.74, 6) is -2.64. The van der Waals surface area contributed by atoms with Crippen LogP contribution in [0.3, 0.4) is 0 Å². The van der Waals surface area contributed by atoms with Crippen molar-refractivity contribution in [2.75, 3.05) is 31.2 Å². The van der Waals surface area contributed by atoms with Gasteiger partial charge in [-0.15, -0.1) is 13.2 Å². The molecule has 3 aliphatic rings. The molecule has 9 heteroatoms. The van der Waals surface area contributed by atoms with Gasteiger partial charge in [-0.3, -0.25) is 14.4 Å². The van der Waals surface area contributed by atoms with Crippen LogP contribution in [0.2, 0.25) is 5.02 Å². The maximum absolute atomic E-state index is 14.4. The lowest BCUT2D eigenvalue weighted by Gasteiger charge is -2.37. The Morgan fingerprint density at radius 3 is 2.78 bits per heavy atom. The topological polar surface area (TPSA) is 96.4 Å². The van der Waals surface area contributed by atoms with E-state index in [0.717, 1.165) is 5.56 Å². The summed E-state index contributed by atoms with van der Waals surface area (Å²) >= 11 is 6.56. The minimum absolute atomic E-state index is 0.0204. The van der Waals surface area contributed by atoms with Gasteiger partial charge in [0.2, 0.25) is 5.91 Å². The number of hydrogen-bond donors (Lipinski definition) is 1. The molecule has 3 fully saturated rings. The smallest absolute Gasteiger partial charge is 0.312 e. The first-order valence-corrected chi connectivity index (χ1v) is 13.2. The Labute approximate surface area is 222 Å². The molecule has 1 aromatic rings. The molecule has 0 aliphatic carbocycles. The van der Waals surface area contributed by atoms with Crippen molar-refractivity contribution < 1.29 is 29.0 Å². The molecular formula is C28H35ClN2O6. The average Bonchev–Trinajstić information content (AvgIpc) is 3.51. The van der Waals surface area contributed by atoms with E-state index in [9.17, 15) is 19.5 Å². The number of aliphatic hydroxyl groups is 1. The summed E-state index contributed by atoms with van der Waals surface area (Å²) in [6.07, 6.45) is 5.36. The lowest BCUT2D eigenvalue weighted by Crippen LogP contribution is -2.56. The number of carbonyl (C=O) groups excluding carboxylic acids is 3. The van der Waals surface area contributed by atoms with Crippen LogP contribution in [0, 0.1) is 18.8 Å². The summed E-state index contributed by atoms with van der Waals surface area (Å²) in [7, 11) is 0. The van der Waals surface area contributed by atoms with Crippen LogP contribution in [-0.4, -0.2) is 71.8 Å². The quantitative estimate of drug-likeness (QED) is 0.253. The summed E-state index contributed by atoms with van der Waals surface area (Å²) in [5, 5.41) is 9.75. The lowest BCUT2D eigenvalue weighted by molar-refractivity contribution is -0.155. The molecule has 0 aromatic heterocycles. The zero-order chi connectivity index (χ0) is 26.7. The van der Waals surface area contributed by atoms with E-state index in [1.165, 1.54) is 0 Å². The number of anilines is 1. The highest BCUT2D eigenvalue weighted by atomic mass is 35.5. The molecule has 200 valence electrons. The number of fused-ring (bicyclic) bond motifs is 1. The number of ether oxygens (including phenoxy) is 2. The van der Waals surface area contributed by atoms with E-state index in [-0.39, 0.29) is 38.1 Å². The van der Waals surface area contributed by atoms with Gasteiger partial charge in [-0.2, -0.15) is 0 Å². The molecule has 3 heterocycles. The molecule has 0 radical (unpaired) electrons. The van der Waals surface area contributed by atoms with Gasteiger partial charge in [0.25, 0.3) is 5.91 Å². The number of benzene rings is 1. The van der Waals surface area contributed by atoms with Crippen LogP contribution < -0.4 is 4.90 Å². The number of esters is 1. The number of aliphatic hydroxyl groups excluding tert-OH is 1. The third-order valence-corrected chi connectivity index (χ3v) is 8.02. The summed E-state index contributed by atoms with van der Waals surface area (Å²) in [4.78, 5) is 44.6. The van der Waals surface area contributed by atoms with Crippen LogP contribution in [0.4, 0.5) is 5.69 Å². The van der Waals surface area contributed by atoms with Crippen LogP contribution in [-0.2, 0) is 23.9 Å². The summed E-state index contributed by atoms with van der Waals surface area (Å²) in [5.41, 5.74) is 0.243. The lowest BCUT2D eigenvalue weighted by atomic mass is 9.70. The van der Waals surface area contributed by atoms with Gasteiger partial charge in [0.05, 0.1) is 35.3 Å². The zero-order valence-electron chi connectivity index (χ0n) is 21.2. The van der Waals surface area contributed by atoms with E-state index in [1.54, 1.807) is 28.0 Å². The van der Waals surface area contributed by atoms with E-state index >= 15 is 0 Å². The number of nitrogens with zero attached hydrogens (tertiary/aromatic N) is 2. The number of para-hydroxylation sites is 1. The predicted molar refractivity (Wildman–Crippen MR) is 140 cm³/mol. The Kier molecular flexibility index (Phi) is 8.41. The Hall–Kier alpha value is -2.68. The van der Waals surface area contributed by atoms with Crippen molar-refractivity contribution >= 4 is 35.1 Å². The van der Waals surface area contributed by atoms with Crippen LogP contribution in [0.25, 0.3) is 0 Å². The van der Waals surface area contributed by atoms with Gasteiger partial charge < -0.3 is 24.4 Å². The van der Waals surface area contributed by atoms with Crippen LogP contribution in [0.15, 0.2) is 43.5 Å². The second-order valence-electron chi connectivity index (χ2n) is 9.91. The number of aryl methyl sites for hydroxylation is 1. The van der Waals surface area contributed by atoms with Crippen molar-refractivity contribution in [2.24, 2.45) is 11.8 Å². The second kappa shape index (κ2) is 11.4. The maximum atomic E-state index is 14.4. The molecule has 5 atom stereocenters. The zero-order valence-corrected chi connectivity index (χ0v) is 22.0. The fourth-order valence-corrected chi connectivity index (χ4v) is 6.53. The third-order valence-electron chi connectivity index (χ3n) is 7.72. The van der Waals surface area contributed by atoms with E-state index in [2.05, 4.69) is 13.2 Å². The molecule has 0 saturated carbocycles. The van der Waals surface area contributed by atoms with E-state index in [0.29, 0.717) is 42.8 Å². The second-order valence-corrected chi connectivity index (χ2v) is 10.3. The van der Waals surface area contributed by atoms with E-state index in [1.807, 2.05) is 19.1 Å². The normalized spacial score (nSPS) is 27.8. The number of amides is 2. The fourth-order valence-electron chi connectivity index (χ4n) is 6.21. The third kappa shape index (κ3) is 4.71. The van der Waals surface area contributed by atoms with Crippen molar-refractivity contribution in [3.05, 3.63) is 54.1 Å². The van der Waals surface area contributed by atoms with Gasteiger partial charge in [0.15, 0.2) is 0 Å². The molecule has 1 N–H and O–H groups in total. The van der Waals surface area contributed by atoms with Gasteiger partial charge in [-0.25, -0.2) is 0 Å². The molecule has 4 rings (SSSR count). The largest absolute Gasteiger partial charge is 0.465 e. The predicted octanol–water partition coefficient (Wildman–Crippen LogP) is 3.43. The highest BCUT2D eigenvalue weighted by molar-refractivity contribution is 6.34. The van der Waals surface area contributed by atoms with Crippen molar-refractivity contribution in [2.45, 2.75) is 56.8 Å². The monoisotopic (exact) mass is 530 g/mol. The van der Waals surface area contributed by atoms with Crippen LogP contribution in [0.1, 0.15) is 37.7 Å². The van der Waals surface area contributed by atoms with Gasteiger partial charge in [-0.05, 0) is 50.7 Å². The van der Waals surface area contributed by atoms with Crippen molar-refractivity contribution in [1.29, 1.82) is 0 Å². The summed E-state index contributed by atoms with van der Waals surface area (Å²) in [6, 6.07) is 4.48. The van der Waals surface area contributed by atoms with Crippen molar-refractivity contribution in [3.8, 4) is 0 Å². The van der Waals surface area contributed by atoms with Crippen molar-refractivity contribution in [1.82, 2.24) is 4.90 Å². The summed E-state index contributed by atoms with van der Waals surface area (Å²) < 4.78 is 11.9. The highest BCUT2D eigenvalue weighted by Crippen LogP contribution is 2.59. The molecule has 8 nitrogen and oxygen atoms in total. The SMILES string of the molecule is C=CCCOC(=O)[C@@H]1[C@H]2C(=O)N(CCCCO)C(C(=O)N(CC=C)c3c(C)cccc3Cl)C23CC[C@H]1O3. The Morgan fingerprint density at radius 1 is 1.32 bits per heavy atom. The molecule has 1 spiro atoms. The fraction of sp³-hybridized carbons (Fsp3) is 0.536. The summed E-state index contributed by atoms with van der Waals surface area (Å²) in [6.45, 7) is 9.97. The first kappa shape index (κ1) is 27.4. The highest BCUT2D eigenvalue weighted by Gasteiger charge is 2.75. The standard InChI is InChI=1S/C28H35ClN2O6/c1-4-6-17-36-27(35)21-20-12-13-28(37-20)22(21)25(33)31(15-7-8-16-32)24(28)26(34)30(14-5-2)23-18(3)10-9-11-19(23)29/h4-5,9-11,20-22,24,32H,1-2,6-8,12-17H2,3H3/t20-,21+,22+,24?,28?/m1/s1. The molecule has 2 bridgehead atoms. The van der Waals surface area contributed by atoms with Crippen LogP contribution >= 0.6 is 11.6 Å². The number of rotatable bonds is 12. The number of halogens is 1.